The minimum Gasteiger partial charge on any atom is -0.481 e. The van der Waals surface area contributed by atoms with E-state index in [9.17, 15) is 9.59 Å². The highest BCUT2D eigenvalue weighted by Crippen LogP contribution is 2.15. The molecule has 2 rings (SSSR count). The second-order valence-corrected chi connectivity index (χ2v) is 5.05. The zero-order valence-corrected chi connectivity index (χ0v) is 11.3. The van der Waals surface area contributed by atoms with E-state index in [-0.39, 0.29) is 12.3 Å². The highest BCUT2D eigenvalue weighted by atomic mass is 16.4. The number of carboxylic acid groups (broad SMARTS) is 1. The van der Waals surface area contributed by atoms with Crippen LogP contribution >= 0.6 is 0 Å². The highest BCUT2D eigenvalue weighted by molar-refractivity contribution is 5.90. The molecule has 6 heteroatoms. The lowest BCUT2D eigenvalue weighted by Crippen LogP contribution is -2.15. The summed E-state index contributed by atoms with van der Waals surface area (Å²) in [7, 11) is 0. The predicted octanol–water partition coefficient (Wildman–Crippen LogP) is 1.04. The predicted molar refractivity (Wildman–Crippen MR) is 74.4 cm³/mol. The first kappa shape index (κ1) is 14.5. The van der Waals surface area contributed by atoms with Gasteiger partial charge in [-0.2, -0.15) is 0 Å². The standard InChI is InChI=1S/C14H19N3O3/c18-13(4-1-10-5-6-15-8-10)17-12-3-2-11(16-9-12)7-14(19)20/h2-3,9-10,15H,1,4-8H2,(H,17,18)(H,19,20). The fourth-order valence-electron chi connectivity index (χ4n) is 2.28. The topological polar surface area (TPSA) is 91.3 Å². The Kier molecular flexibility index (Phi) is 5.06. The average molecular weight is 277 g/mol. The number of rotatable bonds is 6. The fourth-order valence-corrected chi connectivity index (χ4v) is 2.28. The van der Waals surface area contributed by atoms with Crippen LogP contribution in [0.2, 0.25) is 0 Å². The Morgan fingerprint density at radius 1 is 1.45 bits per heavy atom. The van der Waals surface area contributed by atoms with E-state index >= 15 is 0 Å². The number of anilines is 1. The van der Waals surface area contributed by atoms with E-state index in [1.54, 1.807) is 12.1 Å². The molecule has 1 aliphatic rings. The van der Waals surface area contributed by atoms with E-state index in [1.165, 1.54) is 6.20 Å². The first-order valence-corrected chi connectivity index (χ1v) is 6.81. The molecule has 0 saturated carbocycles. The Bertz CT molecular complexity index is 467. The molecule has 1 aromatic rings. The summed E-state index contributed by atoms with van der Waals surface area (Å²) in [4.78, 5) is 26.3. The summed E-state index contributed by atoms with van der Waals surface area (Å²) < 4.78 is 0. The maximum atomic E-state index is 11.8. The number of nitrogens with one attached hydrogen (secondary N) is 2. The fraction of sp³-hybridized carbons (Fsp3) is 0.500. The molecule has 1 atom stereocenters. The largest absolute Gasteiger partial charge is 0.481 e. The molecule has 0 aromatic carbocycles. The lowest BCUT2D eigenvalue weighted by Gasteiger charge is -2.08. The van der Waals surface area contributed by atoms with Crippen LogP contribution in [0.1, 0.15) is 25.0 Å². The zero-order valence-electron chi connectivity index (χ0n) is 11.3. The van der Waals surface area contributed by atoms with Gasteiger partial charge in [-0.3, -0.25) is 14.6 Å². The second-order valence-electron chi connectivity index (χ2n) is 5.05. The van der Waals surface area contributed by atoms with Crippen LogP contribution in [0.15, 0.2) is 18.3 Å². The summed E-state index contributed by atoms with van der Waals surface area (Å²) in [6.07, 6.45) is 3.92. The van der Waals surface area contributed by atoms with Gasteiger partial charge in [0.2, 0.25) is 5.91 Å². The van der Waals surface area contributed by atoms with Crippen molar-refractivity contribution in [3.8, 4) is 0 Å². The second kappa shape index (κ2) is 7.00. The van der Waals surface area contributed by atoms with Gasteiger partial charge in [0, 0.05) is 6.42 Å². The maximum absolute atomic E-state index is 11.8. The highest BCUT2D eigenvalue weighted by Gasteiger charge is 2.15. The van der Waals surface area contributed by atoms with Gasteiger partial charge >= 0.3 is 5.97 Å². The summed E-state index contributed by atoms with van der Waals surface area (Å²) in [6, 6.07) is 3.30. The number of aromatic nitrogens is 1. The molecule has 1 amide bonds. The van der Waals surface area contributed by atoms with Crippen molar-refractivity contribution in [2.75, 3.05) is 18.4 Å². The van der Waals surface area contributed by atoms with Gasteiger partial charge in [-0.1, -0.05) is 0 Å². The van der Waals surface area contributed by atoms with Crippen molar-refractivity contribution < 1.29 is 14.7 Å². The molecule has 1 aromatic heterocycles. The maximum Gasteiger partial charge on any atom is 0.309 e. The van der Waals surface area contributed by atoms with Crippen LogP contribution in [-0.2, 0) is 16.0 Å². The van der Waals surface area contributed by atoms with Crippen LogP contribution < -0.4 is 10.6 Å². The van der Waals surface area contributed by atoms with Crippen LogP contribution in [-0.4, -0.2) is 35.1 Å². The molecular formula is C14H19N3O3. The lowest BCUT2D eigenvalue weighted by atomic mass is 10.0. The third-order valence-corrected chi connectivity index (χ3v) is 3.38. The summed E-state index contributed by atoms with van der Waals surface area (Å²) in [5, 5.41) is 14.7. The third-order valence-electron chi connectivity index (χ3n) is 3.38. The molecule has 0 aliphatic carbocycles. The van der Waals surface area contributed by atoms with Crippen LogP contribution in [0.4, 0.5) is 5.69 Å². The molecule has 1 saturated heterocycles. The van der Waals surface area contributed by atoms with Crippen molar-refractivity contribution >= 4 is 17.6 Å². The van der Waals surface area contributed by atoms with E-state index in [4.69, 9.17) is 5.11 Å². The summed E-state index contributed by atoms with van der Waals surface area (Å²) in [5.41, 5.74) is 1.08. The molecule has 1 unspecified atom stereocenters. The Balaban J connectivity index is 1.76. The molecule has 3 N–H and O–H groups in total. The lowest BCUT2D eigenvalue weighted by molar-refractivity contribution is -0.136. The summed E-state index contributed by atoms with van der Waals surface area (Å²) in [5.74, 6) is -0.346. The van der Waals surface area contributed by atoms with E-state index in [1.807, 2.05) is 0 Å². The van der Waals surface area contributed by atoms with Gasteiger partial charge in [-0.25, -0.2) is 0 Å². The van der Waals surface area contributed by atoms with E-state index in [0.717, 1.165) is 25.9 Å². The van der Waals surface area contributed by atoms with Gasteiger partial charge in [0.15, 0.2) is 0 Å². The first-order valence-electron chi connectivity index (χ1n) is 6.81. The van der Waals surface area contributed by atoms with Crippen molar-refractivity contribution in [3.63, 3.8) is 0 Å². The van der Waals surface area contributed by atoms with Crippen LogP contribution in [0.25, 0.3) is 0 Å². The van der Waals surface area contributed by atoms with Crippen LogP contribution in [0.3, 0.4) is 0 Å². The molecule has 20 heavy (non-hydrogen) atoms. The van der Waals surface area contributed by atoms with Crippen molar-refractivity contribution in [2.45, 2.75) is 25.7 Å². The number of hydrogen-bond acceptors (Lipinski definition) is 4. The Labute approximate surface area is 117 Å². The number of carbonyl (C=O) groups is 2. The minimum atomic E-state index is -0.917. The monoisotopic (exact) mass is 277 g/mol. The SMILES string of the molecule is O=C(O)Cc1ccc(NC(=O)CCC2CCNC2)cn1. The number of nitrogens with zero attached hydrogens (tertiary/aromatic N) is 1. The van der Waals surface area contributed by atoms with E-state index in [2.05, 4.69) is 15.6 Å². The van der Waals surface area contributed by atoms with Crippen molar-refractivity contribution in [2.24, 2.45) is 5.92 Å². The number of carbonyl (C=O) groups excluding carboxylic acids is 1. The molecule has 0 spiro atoms. The number of pyridine rings is 1. The number of amides is 1. The van der Waals surface area contributed by atoms with Gasteiger partial charge < -0.3 is 15.7 Å². The quantitative estimate of drug-likeness (QED) is 0.722. The first-order chi connectivity index (χ1) is 9.63. The smallest absolute Gasteiger partial charge is 0.309 e. The molecular weight excluding hydrogens is 258 g/mol. The van der Waals surface area contributed by atoms with Crippen molar-refractivity contribution in [1.82, 2.24) is 10.3 Å². The molecule has 1 aliphatic heterocycles. The van der Waals surface area contributed by atoms with E-state index < -0.39 is 5.97 Å². The normalized spacial score (nSPS) is 17.9. The molecule has 108 valence electrons. The van der Waals surface area contributed by atoms with Gasteiger partial charge in [-0.05, 0) is 44.0 Å². The van der Waals surface area contributed by atoms with Gasteiger partial charge in [0.05, 0.1) is 24.0 Å². The molecule has 6 nitrogen and oxygen atoms in total. The van der Waals surface area contributed by atoms with Gasteiger partial charge in [-0.15, -0.1) is 0 Å². The minimum absolute atomic E-state index is 0.0234. The Morgan fingerprint density at radius 2 is 2.30 bits per heavy atom. The van der Waals surface area contributed by atoms with Crippen molar-refractivity contribution in [1.29, 1.82) is 0 Å². The number of carboxylic acids is 1. The average Bonchev–Trinajstić information content (AvgIpc) is 2.91. The Morgan fingerprint density at radius 3 is 2.90 bits per heavy atom. The molecule has 0 radical (unpaired) electrons. The number of hydrogen-bond donors (Lipinski definition) is 3. The number of aliphatic carboxylic acids is 1. The van der Waals surface area contributed by atoms with Crippen LogP contribution in [0.5, 0.6) is 0 Å². The van der Waals surface area contributed by atoms with E-state index in [0.29, 0.717) is 23.7 Å². The summed E-state index contributed by atoms with van der Waals surface area (Å²) >= 11 is 0. The van der Waals surface area contributed by atoms with Crippen LogP contribution in [0, 0.1) is 5.92 Å². The third kappa shape index (κ3) is 4.62. The molecule has 2 heterocycles. The molecule has 1 fully saturated rings. The van der Waals surface area contributed by atoms with Gasteiger partial charge in [0.1, 0.15) is 0 Å². The van der Waals surface area contributed by atoms with Gasteiger partial charge in [0.25, 0.3) is 0 Å². The van der Waals surface area contributed by atoms with Crippen molar-refractivity contribution in [3.05, 3.63) is 24.0 Å². The summed E-state index contributed by atoms with van der Waals surface area (Å²) in [6.45, 7) is 2.04. The molecule has 0 bridgehead atoms. The Hall–Kier alpha value is -1.95. The zero-order chi connectivity index (χ0) is 14.4.